The lowest BCUT2D eigenvalue weighted by Gasteiger charge is -2.31. The zero-order chi connectivity index (χ0) is 23.7. The number of benzene rings is 2. The van der Waals surface area contributed by atoms with Crippen LogP contribution in [0.1, 0.15) is 43.2 Å². The summed E-state index contributed by atoms with van der Waals surface area (Å²) < 4.78 is 0. The highest BCUT2D eigenvalue weighted by atomic mass is 16.6. The van der Waals surface area contributed by atoms with Gasteiger partial charge in [0.1, 0.15) is 0 Å². The van der Waals surface area contributed by atoms with Crippen LogP contribution in [-0.4, -0.2) is 21.7 Å². The summed E-state index contributed by atoms with van der Waals surface area (Å²) in [5, 5.41) is 21.7. The van der Waals surface area contributed by atoms with Crippen molar-refractivity contribution in [1.82, 2.24) is 0 Å². The summed E-state index contributed by atoms with van der Waals surface area (Å²) >= 11 is 0. The number of carbonyl (C=O) groups excluding carboxylic acids is 2. The van der Waals surface area contributed by atoms with E-state index in [2.05, 4.69) is 0 Å². The highest BCUT2D eigenvalue weighted by Crippen LogP contribution is 2.36. The van der Waals surface area contributed by atoms with E-state index in [4.69, 9.17) is 11.5 Å². The highest BCUT2D eigenvalue weighted by molar-refractivity contribution is 5.81. The van der Waals surface area contributed by atoms with Gasteiger partial charge in [-0.1, -0.05) is 24.3 Å². The van der Waals surface area contributed by atoms with Gasteiger partial charge in [0.2, 0.25) is 11.8 Å². The molecule has 2 aromatic carbocycles. The third-order valence-corrected chi connectivity index (χ3v) is 5.68. The maximum Gasteiger partial charge on any atom is 0.269 e. The number of nitrogens with two attached hydrogens (primary N) is 2. The van der Waals surface area contributed by atoms with Gasteiger partial charge in [0.15, 0.2) is 0 Å². The van der Waals surface area contributed by atoms with Gasteiger partial charge < -0.3 is 11.5 Å². The molecule has 2 aromatic rings. The Morgan fingerprint density at radius 3 is 1.47 bits per heavy atom. The molecule has 10 heteroatoms. The Labute approximate surface area is 184 Å². The number of nitrogens with zero attached hydrogens (tertiary/aromatic N) is 2. The molecule has 10 nitrogen and oxygen atoms in total. The summed E-state index contributed by atoms with van der Waals surface area (Å²) in [7, 11) is 0. The van der Waals surface area contributed by atoms with Crippen molar-refractivity contribution in [3.05, 3.63) is 79.9 Å². The molecule has 2 rings (SSSR count). The van der Waals surface area contributed by atoms with E-state index in [1.165, 1.54) is 24.3 Å². The van der Waals surface area contributed by atoms with E-state index in [0.29, 0.717) is 38.5 Å². The Bertz CT molecular complexity index is 911. The standard InChI is InChI=1S/C22H26N4O6/c23-20(27)2-1-13-22(21(24)28,14-11-16-3-7-18(8-4-16)25(29)30)15-12-17-5-9-19(10-6-17)26(31)32/h3-10H,1-2,11-15H2,(H2,23,27)(H2,24,28). The number of primary amides is 2. The lowest BCUT2D eigenvalue weighted by molar-refractivity contribution is -0.385. The molecule has 0 aromatic heterocycles. The topological polar surface area (TPSA) is 172 Å². The van der Waals surface area contributed by atoms with Gasteiger partial charge in [-0.25, -0.2) is 0 Å². The molecule has 2 amide bonds. The second kappa shape index (κ2) is 11.0. The molecule has 0 radical (unpaired) electrons. The Kier molecular flexibility index (Phi) is 8.39. The smallest absolute Gasteiger partial charge is 0.269 e. The Morgan fingerprint density at radius 1 is 0.750 bits per heavy atom. The molecule has 0 atom stereocenters. The van der Waals surface area contributed by atoms with E-state index < -0.39 is 27.1 Å². The third-order valence-electron chi connectivity index (χ3n) is 5.68. The van der Waals surface area contributed by atoms with Crippen LogP contribution >= 0.6 is 0 Å². The number of hydrogen-bond donors (Lipinski definition) is 2. The van der Waals surface area contributed by atoms with Crippen LogP contribution in [0.25, 0.3) is 0 Å². The van der Waals surface area contributed by atoms with Gasteiger partial charge in [0.25, 0.3) is 11.4 Å². The molecule has 0 fully saturated rings. The normalized spacial score (nSPS) is 11.1. The van der Waals surface area contributed by atoms with Crippen molar-refractivity contribution < 1.29 is 19.4 Å². The number of aryl methyl sites for hydroxylation is 2. The van der Waals surface area contributed by atoms with Gasteiger partial charge in [-0.3, -0.25) is 29.8 Å². The lowest BCUT2D eigenvalue weighted by atomic mass is 9.73. The average Bonchev–Trinajstić information content (AvgIpc) is 2.75. The minimum absolute atomic E-state index is 0.0189. The van der Waals surface area contributed by atoms with Gasteiger partial charge in [-0.15, -0.1) is 0 Å². The maximum atomic E-state index is 12.6. The maximum absolute atomic E-state index is 12.6. The molecule has 0 aliphatic heterocycles. The van der Waals surface area contributed by atoms with Crippen molar-refractivity contribution in [2.45, 2.75) is 44.9 Å². The minimum atomic E-state index is -0.918. The summed E-state index contributed by atoms with van der Waals surface area (Å²) in [6.07, 6.45) is 2.63. The average molecular weight is 442 g/mol. The molecule has 0 aliphatic carbocycles. The van der Waals surface area contributed by atoms with Crippen LogP contribution in [0.15, 0.2) is 48.5 Å². The molecule has 170 valence electrons. The molecular formula is C22H26N4O6. The molecule has 0 spiro atoms. The second-order valence-electron chi connectivity index (χ2n) is 7.81. The number of rotatable bonds is 13. The van der Waals surface area contributed by atoms with Gasteiger partial charge in [0.05, 0.1) is 9.85 Å². The number of nitro groups is 2. The third kappa shape index (κ3) is 6.86. The monoisotopic (exact) mass is 442 g/mol. The molecule has 4 N–H and O–H groups in total. The van der Waals surface area contributed by atoms with Crippen LogP contribution in [0, 0.1) is 25.6 Å². The fraction of sp³-hybridized carbons (Fsp3) is 0.364. The van der Waals surface area contributed by atoms with Crippen molar-refractivity contribution >= 4 is 23.2 Å². The van der Waals surface area contributed by atoms with E-state index in [9.17, 15) is 29.8 Å². The fourth-order valence-electron chi connectivity index (χ4n) is 3.68. The summed E-state index contributed by atoms with van der Waals surface area (Å²) in [5.41, 5.74) is 11.7. The summed E-state index contributed by atoms with van der Waals surface area (Å²) in [6, 6.07) is 12.2. The quantitative estimate of drug-likeness (QED) is 0.356. The molecule has 0 saturated carbocycles. The Balaban J connectivity index is 2.17. The van der Waals surface area contributed by atoms with Crippen LogP contribution in [0.3, 0.4) is 0 Å². The number of hydrogen-bond acceptors (Lipinski definition) is 6. The summed E-state index contributed by atoms with van der Waals surface area (Å²) in [6.45, 7) is 0. The van der Waals surface area contributed by atoms with Gasteiger partial charge in [-0.2, -0.15) is 0 Å². The number of nitro benzene ring substituents is 2. The van der Waals surface area contributed by atoms with Crippen LogP contribution in [0.5, 0.6) is 0 Å². The van der Waals surface area contributed by atoms with Gasteiger partial charge in [0, 0.05) is 36.1 Å². The van der Waals surface area contributed by atoms with Crippen molar-refractivity contribution in [1.29, 1.82) is 0 Å². The van der Waals surface area contributed by atoms with Crippen molar-refractivity contribution in [2.75, 3.05) is 0 Å². The molecule has 0 unspecified atom stereocenters. The predicted molar refractivity (Wildman–Crippen MR) is 118 cm³/mol. The van der Waals surface area contributed by atoms with Crippen molar-refractivity contribution in [3.63, 3.8) is 0 Å². The second-order valence-corrected chi connectivity index (χ2v) is 7.81. The fourth-order valence-corrected chi connectivity index (χ4v) is 3.68. The van der Waals surface area contributed by atoms with E-state index in [-0.39, 0.29) is 17.8 Å². The molecular weight excluding hydrogens is 416 g/mol. The van der Waals surface area contributed by atoms with Crippen LogP contribution < -0.4 is 11.5 Å². The first-order valence-electron chi connectivity index (χ1n) is 10.2. The van der Waals surface area contributed by atoms with E-state index >= 15 is 0 Å². The summed E-state index contributed by atoms with van der Waals surface area (Å²) in [5.74, 6) is -0.958. The van der Waals surface area contributed by atoms with Crippen molar-refractivity contribution in [3.8, 4) is 0 Å². The zero-order valence-corrected chi connectivity index (χ0v) is 17.6. The first-order valence-corrected chi connectivity index (χ1v) is 10.2. The molecule has 32 heavy (non-hydrogen) atoms. The molecule has 0 bridgehead atoms. The summed E-state index contributed by atoms with van der Waals surface area (Å²) in [4.78, 5) is 44.5. The van der Waals surface area contributed by atoms with Gasteiger partial charge in [-0.05, 0) is 49.7 Å². The minimum Gasteiger partial charge on any atom is -0.370 e. The molecule has 0 saturated heterocycles. The van der Waals surface area contributed by atoms with Crippen LogP contribution in [0.4, 0.5) is 11.4 Å². The largest absolute Gasteiger partial charge is 0.370 e. The first-order chi connectivity index (χ1) is 15.1. The van der Waals surface area contributed by atoms with Gasteiger partial charge >= 0.3 is 0 Å². The predicted octanol–water partition coefficient (Wildman–Crippen LogP) is 3.20. The number of carbonyl (C=O) groups is 2. The van der Waals surface area contributed by atoms with Crippen LogP contribution in [0.2, 0.25) is 0 Å². The zero-order valence-electron chi connectivity index (χ0n) is 17.6. The lowest BCUT2D eigenvalue weighted by Crippen LogP contribution is -2.38. The highest BCUT2D eigenvalue weighted by Gasteiger charge is 2.35. The Morgan fingerprint density at radius 2 is 1.16 bits per heavy atom. The number of non-ortho nitro benzene ring substituents is 2. The SMILES string of the molecule is NC(=O)CCCC(CCc1ccc([N+](=O)[O-])cc1)(CCc1ccc([N+](=O)[O-])cc1)C(N)=O. The van der Waals surface area contributed by atoms with E-state index in [0.717, 1.165) is 11.1 Å². The van der Waals surface area contributed by atoms with E-state index in [1.54, 1.807) is 24.3 Å². The van der Waals surface area contributed by atoms with Crippen molar-refractivity contribution in [2.24, 2.45) is 16.9 Å². The van der Waals surface area contributed by atoms with E-state index in [1.807, 2.05) is 0 Å². The molecule has 0 aliphatic rings. The molecule has 0 heterocycles. The first kappa shape index (κ1) is 24.4. The number of amides is 2. The Hall–Kier alpha value is -3.82. The van der Waals surface area contributed by atoms with Crippen LogP contribution in [-0.2, 0) is 22.4 Å².